The van der Waals surface area contributed by atoms with E-state index in [-0.39, 0.29) is 6.10 Å². The van der Waals surface area contributed by atoms with Gasteiger partial charge >= 0.3 is 0 Å². The Balaban J connectivity index is 2.39. The minimum absolute atomic E-state index is 0.136. The van der Waals surface area contributed by atoms with Crippen LogP contribution in [-0.4, -0.2) is 41.2 Å². The van der Waals surface area contributed by atoms with E-state index in [1.807, 2.05) is 46.1 Å². The Kier molecular flexibility index (Phi) is 4.81. The minimum Gasteiger partial charge on any atom is -0.491 e. The lowest BCUT2D eigenvalue weighted by Gasteiger charge is -2.13. The van der Waals surface area contributed by atoms with Gasteiger partial charge in [0.25, 0.3) is 0 Å². The number of fused-ring (bicyclic) bond motifs is 1. The quantitative estimate of drug-likeness (QED) is 0.818. The normalized spacial score (nSPS) is 11.3. The van der Waals surface area contributed by atoms with Crippen molar-refractivity contribution < 1.29 is 4.74 Å². The molecule has 0 N–H and O–H groups in total. The molecular formula is C16H22N4O. The van der Waals surface area contributed by atoms with E-state index in [1.54, 1.807) is 0 Å². The second-order valence-corrected chi connectivity index (χ2v) is 5.63. The van der Waals surface area contributed by atoms with Gasteiger partial charge in [-0.05, 0) is 40.1 Å². The molecule has 0 aliphatic heterocycles. The van der Waals surface area contributed by atoms with Crippen molar-refractivity contribution in [1.82, 2.24) is 14.5 Å². The van der Waals surface area contributed by atoms with E-state index in [4.69, 9.17) is 10.00 Å². The highest BCUT2D eigenvalue weighted by Crippen LogP contribution is 2.23. The van der Waals surface area contributed by atoms with Crippen LogP contribution < -0.4 is 4.74 Å². The average Bonchev–Trinajstić information content (AvgIpc) is 2.72. The number of imidazole rings is 1. The first-order chi connectivity index (χ1) is 10.0. The SMILES string of the molecule is CC(C)Oc1ccc2c(c1)nc(CC#N)n2CCN(C)C. The summed E-state index contributed by atoms with van der Waals surface area (Å²) >= 11 is 0. The van der Waals surface area contributed by atoms with E-state index in [0.29, 0.717) is 6.42 Å². The molecule has 0 saturated carbocycles. The highest BCUT2D eigenvalue weighted by Gasteiger charge is 2.12. The number of hydrogen-bond donors (Lipinski definition) is 0. The lowest BCUT2D eigenvalue weighted by molar-refractivity contribution is 0.242. The summed E-state index contributed by atoms with van der Waals surface area (Å²) in [6.45, 7) is 5.74. The Hall–Kier alpha value is -2.06. The second-order valence-electron chi connectivity index (χ2n) is 5.63. The summed E-state index contributed by atoms with van der Waals surface area (Å²) in [4.78, 5) is 6.71. The van der Waals surface area contributed by atoms with Crippen LogP contribution in [0.15, 0.2) is 18.2 Å². The number of benzene rings is 1. The van der Waals surface area contributed by atoms with Gasteiger partial charge in [0.1, 0.15) is 11.6 Å². The Morgan fingerprint density at radius 1 is 1.38 bits per heavy atom. The van der Waals surface area contributed by atoms with Crippen LogP contribution in [0.25, 0.3) is 11.0 Å². The predicted octanol–water partition coefficient (Wildman–Crippen LogP) is 2.45. The van der Waals surface area contributed by atoms with E-state index in [0.717, 1.165) is 35.7 Å². The molecule has 0 aliphatic rings. The van der Waals surface area contributed by atoms with Crippen molar-refractivity contribution in [1.29, 1.82) is 5.26 Å². The molecule has 1 aromatic heterocycles. The zero-order chi connectivity index (χ0) is 15.4. The zero-order valence-electron chi connectivity index (χ0n) is 13.1. The molecule has 2 rings (SSSR count). The smallest absolute Gasteiger partial charge is 0.124 e. The molecule has 0 amide bonds. The standard InChI is InChI=1S/C16H22N4O/c1-12(2)21-13-5-6-15-14(11-13)18-16(7-8-17)20(15)10-9-19(3)4/h5-6,11-12H,7,9-10H2,1-4H3. The van der Waals surface area contributed by atoms with Crippen LogP contribution in [0.3, 0.4) is 0 Å². The number of rotatable bonds is 6. The third-order valence-electron chi connectivity index (χ3n) is 3.18. The van der Waals surface area contributed by atoms with Crippen LogP contribution in [0.5, 0.6) is 5.75 Å². The third kappa shape index (κ3) is 3.73. The number of likely N-dealkylation sites (N-methyl/N-ethyl adjacent to an activating group) is 1. The molecule has 0 saturated heterocycles. The molecule has 0 bridgehead atoms. The molecule has 1 aromatic carbocycles. The van der Waals surface area contributed by atoms with Gasteiger partial charge in [-0.15, -0.1) is 0 Å². The van der Waals surface area contributed by atoms with Gasteiger partial charge in [0.15, 0.2) is 0 Å². The monoisotopic (exact) mass is 286 g/mol. The first kappa shape index (κ1) is 15.3. The van der Waals surface area contributed by atoms with Gasteiger partial charge in [-0.25, -0.2) is 4.98 Å². The first-order valence-electron chi connectivity index (χ1n) is 7.18. The molecule has 0 aliphatic carbocycles. The summed E-state index contributed by atoms with van der Waals surface area (Å²) < 4.78 is 7.83. The van der Waals surface area contributed by atoms with Crippen LogP contribution in [-0.2, 0) is 13.0 Å². The maximum absolute atomic E-state index is 8.98. The molecule has 0 unspecified atom stereocenters. The fourth-order valence-corrected chi connectivity index (χ4v) is 2.26. The largest absolute Gasteiger partial charge is 0.491 e. The Labute approximate surface area is 125 Å². The Bertz CT molecular complexity index is 652. The van der Waals surface area contributed by atoms with Crippen molar-refractivity contribution in [3.63, 3.8) is 0 Å². The molecule has 0 radical (unpaired) electrons. The van der Waals surface area contributed by atoms with Crippen LogP contribution in [0.2, 0.25) is 0 Å². The molecule has 0 spiro atoms. The lowest BCUT2D eigenvalue weighted by Crippen LogP contribution is -2.19. The summed E-state index contributed by atoms with van der Waals surface area (Å²) in [6.07, 6.45) is 0.458. The molecule has 0 atom stereocenters. The average molecular weight is 286 g/mol. The van der Waals surface area contributed by atoms with E-state index in [2.05, 4.69) is 20.5 Å². The van der Waals surface area contributed by atoms with E-state index < -0.39 is 0 Å². The molecule has 1 heterocycles. The van der Waals surface area contributed by atoms with Crippen LogP contribution in [0, 0.1) is 11.3 Å². The molecular weight excluding hydrogens is 264 g/mol. The van der Waals surface area contributed by atoms with Gasteiger partial charge in [-0.1, -0.05) is 0 Å². The molecule has 112 valence electrons. The molecule has 5 nitrogen and oxygen atoms in total. The van der Waals surface area contributed by atoms with Gasteiger partial charge in [0.05, 0.1) is 29.6 Å². The van der Waals surface area contributed by atoms with Crippen molar-refractivity contribution in [2.24, 2.45) is 0 Å². The third-order valence-corrected chi connectivity index (χ3v) is 3.18. The van der Waals surface area contributed by atoms with Gasteiger partial charge in [-0.2, -0.15) is 5.26 Å². The van der Waals surface area contributed by atoms with Gasteiger partial charge < -0.3 is 14.2 Å². The minimum atomic E-state index is 0.136. The number of nitriles is 1. The summed E-state index contributed by atoms with van der Waals surface area (Å²) in [5.41, 5.74) is 1.94. The highest BCUT2D eigenvalue weighted by molar-refractivity contribution is 5.78. The number of ether oxygens (including phenoxy) is 1. The van der Waals surface area contributed by atoms with Crippen molar-refractivity contribution in [3.05, 3.63) is 24.0 Å². The Morgan fingerprint density at radius 2 is 2.14 bits per heavy atom. The molecule has 2 aromatic rings. The molecule has 0 fully saturated rings. The fraction of sp³-hybridized carbons (Fsp3) is 0.500. The van der Waals surface area contributed by atoms with Gasteiger partial charge in [0.2, 0.25) is 0 Å². The number of hydrogen-bond acceptors (Lipinski definition) is 4. The number of nitrogens with zero attached hydrogens (tertiary/aromatic N) is 4. The van der Waals surface area contributed by atoms with Crippen molar-refractivity contribution in [2.75, 3.05) is 20.6 Å². The van der Waals surface area contributed by atoms with Crippen LogP contribution in [0.1, 0.15) is 19.7 Å². The topological polar surface area (TPSA) is 54.1 Å². The van der Waals surface area contributed by atoms with Crippen LogP contribution in [0.4, 0.5) is 0 Å². The second kappa shape index (κ2) is 6.59. The van der Waals surface area contributed by atoms with E-state index in [9.17, 15) is 0 Å². The van der Waals surface area contributed by atoms with Gasteiger partial charge in [-0.3, -0.25) is 0 Å². The van der Waals surface area contributed by atoms with E-state index >= 15 is 0 Å². The zero-order valence-corrected chi connectivity index (χ0v) is 13.1. The van der Waals surface area contributed by atoms with Crippen LogP contribution >= 0.6 is 0 Å². The van der Waals surface area contributed by atoms with Crippen molar-refractivity contribution in [3.8, 4) is 11.8 Å². The summed E-state index contributed by atoms with van der Waals surface area (Å²) in [5, 5.41) is 8.98. The molecule has 5 heteroatoms. The first-order valence-corrected chi connectivity index (χ1v) is 7.18. The molecule has 21 heavy (non-hydrogen) atoms. The van der Waals surface area contributed by atoms with Crippen molar-refractivity contribution >= 4 is 11.0 Å². The lowest BCUT2D eigenvalue weighted by atomic mass is 10.3. The fourth-order valence-electron chi connectivity index (χ4n) is 2.26. The predicted molar refractivity (Wildman–Crippen MR) is 83.4 cm³/mol. The van der Waals surface area contributed by atoms with Crippen molar-refractivity contribution in [2.45, 2.75) is 32.9 Å². The summed E-state index contributed by atoms with van der Waals surface area (Å²) in [7, 11) is 4.08. The van der Waals surface area contributed by atoms with E-state index in [1.165, 1.54) is 0 Å². The number of aromatic nitrogens is 2. The van der Waals surface area contributed by atoms with Gasteiger partial charge in [0, 0.05) is 19.2 Å². The highest BCUT2D eigenvalue weighted by atomic mass is 16.5. The maximum Gasteiger partial charge on any atom is 0.124 e. The maximum atomic E-state index is 8.98. The Morgan fingerprint density at radius 3 is 2.76 bits per heavy atom. The summed E-state index contributed by atoms with van der Waals surface area (Å²) in [5.74, 6) is 1.63. The summed E-state index contributed by atoms with van der Waals surface area (Å²) in [6, 6.07) is 8.13.